The van der Waals surface area contributed by atoms with Crippen LogP contribution in [0, 0.1) is 11.6 Å². The van der Waals surface area contributed by atoms with Gasteiger partial charge in [-0.05, 0) is 66.1 Å². The molecule has 0 aliphatic heterocycles. The van der Waals surface area contributed by atoms with Gasteiger partial charge < -0.3 is 4.74 Å². The smallest absolute Gasteiger partial charge is 0.343 e. The van der Waals surface area contributed by atoms with E-state index in [1.54, 1.807) is 12.1 Å². The molecule has 2 nitrogen and oxygen atoms in total. The fourth-order valence-electron chi connectivity index (χ4n) is 4.52. The zero-order chi connectivity index (χ0) is 26.5. The molecule has 0 radical (unpaired) electrons. The number of unbranched alkanes of at least 4 members (excludes halogenated alkanes) is 8. The predicted octanol–water partition coefficient (Wildman–Crippen LogP) is 9.88. The maximum Gasteiger partial charge on any atom is 0.343 e. The summed E-state index contributed by atoms with van der Waals surface area (Å²) in [6.45, 7) is 4.36. The van der Waals surface area contributed by atoms with Gasteiger partial charge in [0.15, 0.2) is 11.6 Å². The van der Waals surface area contributed by atoms with Crippen molar-refractivity contribution in [3.63, 3.8) is 0 Å². The van der Waals surface area contributed by atoms with Crippen LogP contribution in [0.25, 0.3) is 11.1 Å². The van der Waals surface area contributed by atoms with Gasteiger partial charge in [0.2, 0.25) is 5.82 Å². The molecule has 0 saturated heterocycles. The number of hydrogen-bond acceptors (Lipinski definition) is 2. The second-order valence-electron chi connectivity index (χ2n) is 9.84. The summed E-state index contributed by atoms with van der Waals surface area (Å²) in [6.07, 6.45) is 13.1. The Balaban J connectivity index is 1.55. The lowest BCUT2D eigenvalue weighted by Crippen LogP contribution is -2.10. The minimum atomic E-state index is -1.11. The highest BCUT2D eigenvalue weighted by atomic mass is 19.2. The molecule has 37 heavy (non-hydrogen) atoms. The number of esters is 1. The second kappa shape index (κ2) is 15.3. The van der Waals surface area contributed by atoms with E-state index in [9.17, 15) is 13.6 Å². The van der Waals surface area contributed by atoms with Gasteiger partial charge in [-0.1, -0.05) is 108 Å². The van der Waals surface area contributed by atoms with Gasteiger partial charge in [0.05, 0.1) is 5.56 Å². The molecule has 0 spiro atoms. The quantitative estimate of drug-likeness (QED) is 0.116. The van der Waals surface area contributed by atoms with Gasteiger partial charge in [-0.2, -0.15) is 4.39 Å². The summed E-state index contributed by atoms with van der Waals surface area (Å²) >= 11 is 0. The van der Waals surface area contributed by atoms with Crippen molar-refractivity contribution in [1.82, 2.24) is 0 Å². The summed E-state index contributed by atoms with van der Waals surface area (Å²) in [5.41, 5.74) is 3.98. The van der Waals surface area contributed by atoms with Crippen molar-refractivity contribution >= 4 is 5.97 Å². The van der Waals surface area contributed by atoms with E-state index < -0.39 is 17.6 Å². The van der Waals surface area contributed by atoms with Gasteiger partial charge in [0.1, 0.15) is 0 Å². The standard InChI is InChI=1S/C33H40F2O2/c1-3-5-7-9-11-13-25-15-17-26(18-16-25)27-19-21-29(22-20-27)33(36)37-30-24-23-28(31(34)32(30)35)14-12-10-8-6-4-2/h15-24H,3-14H2,1-2H3. The number of hydrogen-bond donors (Lipinski definition) is 0. The van der Waals surface area contributed by atoms with E-state index in [1.807, 2.05) is 12.1 Å². The minimum absolute atomic E-state index is 0.284. The molecule has 3 aromatic carbocycles. The third-order valence-corrected chi connectivity index (χ3v) is 6.86. The van der Waals surface area contributed by atoms with Crippen LogP contribution in [-0.4, -0.2) is 5.97 Å². The molecule has 198 valence electrons. The lowest BCUT2D eigenvalue weighted by Gasteiger charge is -2.10. The fraction of sp³-hybridized carbons (Fsp3) is 0.424. The first kappa shape index (κ1) is 28.6. The highest BCUT2D eigenvalue weighted by Crippen LogP contribution is 2.26. The molecule has 3 aromatic rings. The molecule has 0 bridgehead atoms. The Labute approximate surface area is 221 Å². The Hall–Kier alpha value is -3.01. The molecule has 3 rings (SSSR count). The first-order valence-electron chi connectivity index (χ1n) is 13.9. The van der Waals surface area contributed by atoms with Crippen LogP contribution < -0.4 is 4.74 Å². The SMILES string of the molecule is CCCCCCCc1ccc(-c2ccc(C(=O)Oc3ccc(CCCCCCC)c(F)c3F)cc2)cc1. The molecular formula is C33H40F2O2. The van der Waals surface area contributed by atoms with Crippen LogP contribution in [0.5, 0.6) is 5.75 Å². The summed E-state index contributed by atoms with van der Waals surface area (Å²) < 4.78 is 34.3. The topological polar surface area (TPSA) is 26.3 Å². The Morgan fingerprint density at radius 3 is 1.76 bits per heavy atom. The highest BCUT2D eigenvalue weighted by Gasteiger charge is 2.18. The molecule has 0 N–H and O–H groups in total. The van der Waals surface area contributed by atoms with Gasteiger partial charge >= 0.3 is 5.97 Å². The molecule has 0 amide bonds. The lowest BCUT2D eigenvalue weighted by atomic mass is 10.00. The van der Waals surface area contributed by atoms with Crippen molar-refractivity contribution in [1.29, 1.82) is 0 Å². The number of carbonyl (C=O) groups excluding carboxylic acids is 1. The van der Waals surface area contributed by atoms with Gasteiger partial charge in [0.25, 0.3) is 0 Å². The highest BCUT2D eigenvalue weighted by molar-refractivity contribution is 5.91. The van der Waals surface area contributed by atoms with Crippen LogP contribution in [0.15, 0.2) is 60.7 Å². The zero-order valence-corrected chi connectivity index (χ0v) is 22.3. The average Bonchev–Trinajstić information content (AvgIpc) is 2.92. The molecule has 0 saturated carbocycles. The van der Waals surface area contributed by atoms with Gasteiger partial charge in [-0.15, -0.1) is 0 Å². The number of carbonyl (C=O) groups is 1. The molecule has 4 heteroatoms. The van der Waals surface area contributed by atoms with Gasteiger partial charge in [-0.3, -0.25) is 0 Å². The fourth-order valence-corrected chi connectivity index (χ4v) is 4.52. The van der Waals surface area contributed by atoms with Crippen molar-refractivity contribution in [3.8, 4) is 16.9 Å². The number of rotatable bonds is 15. The monoisotopic (exact) mass is 506 g/mol. The second-order valence-corrected chi connectivity index (χ2v) is 9.84. The molecular weight excluding hydrogens is 466 g/mol. The number of benzene rings is 3. The lowest BCUT2D eigenvalue weighted by molar-refractivity contribution is 0.0726. The Kier molecular flexibility index (Phi) is 11.8. The van der Waals surface area contributed by atoms with E-state index in [0.717, 1.165) is 49.7 Å². The third-order valence-electron chi connectivity index (χ3n) is 6.86. The van der Waals surface area contributed by atoms with E-state index >= 15 is 0 Å². The number of halogens is 2. The van der Waals surface area contributed by atoms with Crippen molar-refractivity contribution in [2.45, 2.75) is 90.9 Å². The maximum absolute atomic E-state index is 14.6. The van der Waals surface area contributed by atoms with Crippen molar-refractivity contribution in [3.05, 3.63) is 89.0 Å². The Morgan fingerprint density at radius 2 is 1.16 bits per heavy atom. The minimum Gasteiger partial charge on any atom is -0.420 e. The third kappa shape index (κ3) is 8.80. The van der Waals surface area contributed by atoms with E-state index in [4.69, 9.17) is 4.74 Å². The Bertz CT molecular complexity index is 1100. The summed E-state index contributed by atoms with van der Waals surface area (Å²) in [5.74, 6) is -3.13. The molecule has 0 atom stereocenters. The van der Waals surface area contributed by atoms with Crippen LogP contribution in [-0.2, 0) is 12.8 Å². The van der Waals surface area contributed by atoms with E-state index in [0.29, 0.717) is 12.0 Å². The van der Waals surface area contributed by atoms with Crippen molar-refractivity contribution in [2.75, 3.05) is 0 Å². The van der Waals surface area contributed by atoms with Crippen molar-refractivity contribution < 1.29 is 18.3 Å². The van der Waals surface area contributed by atoms with Crippen molar-refractivity contribution in [2.24, 2.45) is 0 Å². The molecule has 0 heterocycles. The molecule has 0 unspecified atom stereocenters. The predicted molar refractivity (Wildman–Crippen MR) is 148 cm³/mol. The first-order valence-corrected chi connectivity index (χ1v) is 13.9. The summed E-state index contributed by atoms with van der Waals surface area (Å²) in [6, 6.07) is 18.3. The van der Waals surface area contributed by atoms with Crippen LogP contribution in [0.3, 0.4) is 0 Å². The Morgan fingerprint density at radius 1 is 0.622 bits per heavy atom. The van der Waals surface area contributed by atoms with Crippen LogP contribution >= 0.6 is 0 Å². The van der Waals surface area contributed by atoms with E-state index in [2.05, 4.69) is 38.1 Å². The average molecular weight is 507 g/mol. The zero-order valence-electron chi connectivity index (χ0n) is 22.3. The molecule has 0 aliphatic carbocycles. The normalized spacial score (nSPS) is 11.0. The first-order chi connectivity index (χ1) is 18.0. The maximum atomic E-state index is 14.6. The van der Waals surface area contributed by atoms with Gasteiger partial charge in [-0.25, -0.2) is 9.18 Å². The molecule has 0 fully saturated rings. The van der Waals surface area contributed by atoms with Crippen LogP contribution in [0.4, 0.5) is 8.78 Å². The van der Waals surface area contributed by atoms with E-state index in [-0.39, 0.29) is 11.3 Å². The molecule has 0 aromatic heterocycles. The van der Waals surface area contributed by atoms with Crippen LogP contribution in [0.1, 0.15) is 99.5 Å². The largest absolute Gasteiger partial charge is 0.420 e. The summed E-state index contributed by atoms with van der Waals surface area (Å²) in [7, 11) is 0. The number of ether oxygens (including phenoxy) is 1. The van der Waals surface area contributed by atoms with E-state index in [1.165, 1.54) is 49.8 Å². The van der Waals surface area contributed by atoms with Crippen LogP contribution in [0.2, 0.25) is 0 Å². The summed E-state index contributed by atoms with van der Waals surface area (Å²) in [5, 5.41) is 0. The molecule has 0 aliphatic rings. The van der Waals surface area contributed by atoms with Gasteiger partial charge in [0, 0.05) is 0 Å². The summed E-state index contributed by atoms with van der Waals surface area (Å²) in [4.78, 5) is 12.6. The number of aryl methyl sites for hydroxylation is 2.